The molecule has 0 bridgehead atoms. The van der Waals surface area contributed by atoms with Gasteiger partial charge in [-0.15, -0.1) is 0 Å². The van der Waals surface area contributed by atoms with E-state index < -0.39 is 0 Å². The third-order valence-corrected chi connectivity index (χ3v) is 5.78. The highest BCUT2D eigenvalue weighted by molar-refractivity contribution is 5.95. The zero-order valence-electron chi connectivity index (χ0n) is 19.0. The highest BCUT2D eigenvalue weighted by Crippen LogP contribution is 2.29. The molecule has 1 heterocycles. The molecule has 1 fully saturated rings. The van der Waals surface area contributed by atoms with Crippen molar-refractivity contribution in [2.24, 2.45) is 0 Å². The van der Waals surface area contributed by atoms with Crippen LogP contribution in [0.15, 0.2) is 84.9 Å². The summed E-state index contributed by atoms with van der Waals surface area (Å²) in [4.78, 5) is 17.4. The quantitative estimate of drug-likeness (QED) is 0.505. The van der Waals surface area contributed by atoms with Crippen molar-refractivity contribution in [3.05, 3.63) is 102 Å². The molecule has 3 aromatic rings. The van der Waals surface area contributed by atoms with Crippen LogP contribution in [0.1, 0.15) is 21.5 Å². The molecular weight excluding hydrogens is 412 g/mol. The number of benzene rings is 3. The number of carbonyl (C=O) groups is 1. The third-order valence-electron chi connectivity index (χ3n) is 5.78. The molecule has 0 spiro atoms. The monoisotopic (exact) mass is 442 g/mol. The van der Waals surface area contributed by atoms with Crippen molar-refractivity contribution < 1.29 is 14.3 Å². The van der Waals surface area contributed by atoms with Crippen LogP contribution in [0.4, 0.5) is 0 Å². The number of carbonyl (C=O) groups excluding carboxylic acids is 1. The molecule has 0 N–H and O–H groups in total. The number of rotatable bonds is 8. The van der Waals surface area contributed by atoms with Crippen molar-refractivity contribution in [2.45, 2.75) is 6.61 Å². The van der Waals surface area contributed by atoms with Gasteiger partial charge in [0.05, 0.1) is 7.11 Å². The van der Waals surface area contributed by atoms with E-state index in [2.05, 4.69) is 29.2 Å². The van der Waals surface area contributed by atoms with E-state index in [1.807, 2.05) is 59.5 Å². The summed E-state index contributed by atoms with van der Waals surface area (Å²) in [6, 6.07) is 25.7. The summed E-state index contributed by atoms with van der Waals surface area (Å²) in [6.45, 7) is 4.45. The van der Waals surface area contributed by atoms with E-state index >= 15 is 0 Å². The molecule has 5 nitrogen and oxygen atoms in total. The van der Waals surface area contributed by atoms with Crippen LogP contribution in [0.3, 0.4) is 0 Å². The summed E-state index contributed by atoms with van der Waals surface area (Å²) in [5.41, 5.74) is 2.89. The minimum absolute atomic E-state index is 0.0293. The van der Waals surface area contributed by atoms with Gasteiger partial charge in [-0.25, -0.2) is 0 Å². The van der Waals surface area contributed by atoms with Crippen LogP contribution in [0.2, 0.25) is 0 Å². The molecule has 1 saturated heterocycles. The second-order valence-corrected chi connectivity index (χ2v) is 8.05. The van der Waals surface area contributed by atoms with Crippen LogP contribution in [0, 0.1) is 0 Å². The van der Waals surface area contributed by atoms with Crippen molar-refractivity contribution in [1.29, 1.82) is 0 Å². The number of hydrogen-bond acceptors (Lipinski definition) is 4. The average Bonchev–Trinajstić information content (AvgIpc) is 2.88. The molecule has 5 heteroatoms. The van der Waals surface area contributed by atoms with Crippen LogP contribution in [0.5, 0.6) is 11.5 Å². The maximum Gasteiger partial charge on any atom is 0.254 e. The van der Waals surface area contributed by atoms with Gasteiger partial charge in [0, 0.05) is 38.3 Å². The van der Waals surface area contributed by atoms with Crippen LogP contribution < -0.4 is 9.47 Å². The number of amides is 1. The second-order valence-electron chi connectivity index (χ2n) is 8.05. The first kappa shape index (κ1) is 22.6. The fraction of sp³-hybridized carbons (Fsp3) is 0.250. The van der Waals surface area contributed by atoms with Crippen LogP contribution in [-0.4, -0.2) is 55.5 Å². The summed E-state index contributed by atoms with van der Waals surface area (Å²) >= 11 is 0. The topological polar surface area (TPSA) is 42.0 Å². The smallest absolute Gasteiger partial charge is 0.254 e. The minimum atomic E-state index is 0.0293. The van der Waals surface area contributed by atoms with Crippen molar-refractivity contribution in [2.75, 3.05) is 39.8 Å². The Bertz CT molecular complexity index is 1060. The summed E-state index contributed by atoms with van der Waals surface area (Å²) in [5.74, 6) is 1.23. The van der Waals surface area contributed by atoms with Crippen molar-refractivity contribution in [1.82, 2.24) is 9.80 Å². The second kappa shape index (κ2) is 11.3. The Morgan fingerprint density at radius 1 is 0.879 bits per heavy atom. The Labute approximate surface area is 195 Å². The van der Waals surface area contributed by atoms with Crippen molar-refractivity contribution >= 4 is 12.0 Å². The van der Waals surface area contributed by atoms with Gasteiger partial charge in [0.2, 0.25) is 0 Å². The van der Waals surface area contributed by atoms with Gasteiger partial charge >= 0.3 is 0 Å². The van der Waals surface area contributed by atoms with Gasteiger partial charge in [0.25, 0.3) is 5.91 Å². The lowest BCUT2D eigenvalue weighted by Gasteiger charge is -2.34. The molecule has 3 aromatic carbocycles. The summed E-state index contributed by atoms with van der Waals surface area (Å²) in [6.07, 6.45) is 4.33. The molecule has 0 saturated carbocycles. The van der Waals surface area contributed by atoms with Gasteiger partial charge in [0.1, 0.15) is 6.61 Å². The summed E-state index contributed by atoms with van der Waals surface area (Å²) < 4.78 is 11.4. The Morgan fingerprint density at radius 3 is 2.27 bits per heavy atom. The van der Waals surface area contributed by atoms with Gasteiger partial charge < -0.3 is 14.4 Å². The van der Waals surface area contributed by atoms with Gasteiger partial charge in [0.15, 0.2) is 11.5 Å². The van der Waals surface area contributed by atoms with Crippen LogP contribution in [0.25, 0.3) is 6.08 Å². The lowest BCUT2D eigenvalue weighted by Crippen LogP contribution is -2.48. The number of ether oxygens (including phenoxy) is 2. The first-order valence-electron chi connectivity index (χ1n) is 11.3. The highest BCUT2D eigenvalue weighted by atomic mass is 16.5. The van der Waals surface area contributed by atoms with Crippen molar-refractivity contribution in [3.8, 4) is 11.5 Å². The Morgan fingerprint density at radius 2 is 1.58 bits per heavy atom. The summed E-state index contributed by atoms with van der Waals surface area (Å²) in [7, 11) is 1.61. The van der Waals surface area contributed by atoms with Crippen LogP contribution in [-0.2, 0) is 6.61 Å². The predicted octanol–water partition coefficient (Wildman–Crippen LogP) is 4.75. The average molecular weight is 443 g/mol. The maximum absolute atomic E-state index is 13.1. The van der Waals surface area contributed by atoms with Gasteiger partial charge in [-0.3, -0.25) is 9.69 Å². The normalized spacial score (nSPS) is 14.4. The number of piperazine rings is 1. The van der Waals surface area contributed by atoms with Gasteiger partial charge in [-0.05, 0) is 29.3 Å². The molecule has 1 aliphatic heterocycles. The first-order chi connectivity index (χ1) is 16.2. The zero-order valence-corrected chi connectivity index (χ0v) is 19.0. The zero-order chi connectivity index (χ0) is 22.9. The van der Waals surface area contributed by atoms with Crippen LogP contribution >= 0.6 is 0 Å². The molecule has 170 valence electrons. The molecule has 1 aliphatic rings. The Kier molecular flexibility index (Phi) is 7.77. The minimum Gasteiger partial charge on any atom is -0.493 e. The molecule has 33 heavy (non-hydrogen) atoms. The lowest BCUT2D eigenvalue weighted by molar-refractivity contribution is 0.0649. The Hall–Kier alpha value is -3.57. The largest absolute Gasteiger partial charge is 0.493 e. The maximum atomic E-state index is 13.1. The molecule has 0 aliphatic carbocycles. The van der Waals surface area contributed by atoms with E-state index in [0.29, 0.717) is 36.8 Å². The molecule has 0 radical (unpaired) electrons. The summed E-state index contributed by atoms with van der Waals surface area (Å²) in [5, 5.41) is 0. The van der Waals surface area contributed by atoms with E-state index in [0.717, 1.165) is 25.2 Å². The molecule has 0 unspecified atom stereocenters. The molecule has 0 aromatic heterocycles. The third kappa shape index (κ3) is 6.24. The van der Waals surface area contributed by atoms with Crippen molar-refractivity contribution in [3.63, 3.8) is 0 Å². The fourth-order valence-electron chi connectivity index (χ4n) is 3.88. The first-order valence-corrected chi connectivity index (χ1v) is 11.3. The number of nitrogens with zero attached hydrogens (tertiary/aromatic N) is 2. The Balaban J connectivity index is 1.32. The van der Waals surface area contributed by atoms with Gasteiger partial charge in [-0.2, -0.15) is 0 Å². The molecule has 0 atom stereocenters. The molecular formula is C28H30N2O3. The van der Waals surface area contributed by atoms with E-state index in [-0.39, 0.29) is 5.91 Å². The molecule has 4 rings (SSSR count). The van der Waals surface area contributed by atoms with E-state index in [1.54, 1.807) is 19.2 Å². The predicted molar refractivity (Wildman–Crippen MR) is 132 cm³/mol. The lowest BCUT2D eigenvalue weighted by atomic mass is 10.1. The number of methoxy groups -OCH3 is 1. The fourth-order valence-corrected chi connectivity index (χ4v) is 3.88. The van der Waals surface area contributed by atoms with E-state index in [4.69, 9.17) is 9.47 Å². The highest BCUT2D eigenvalue weighted by Gasteiger charge is 2.22. The standard InChI is InChI=1S/C28H30N2O3/c1-32-26-15-14-25(21-27(26)33-22-24-11-6-3-7-12-24)28(31)30-19-17-29(18-20-30)16-8-13-23-9-4-2-5-10-23/h2-15,21H,16-20,22H2,1H3/b13-8+. The van der Waals surface area contributed by atoms with E-state index in [1.165, 1.54) is 5.56 Å². The van der Waals surface area contributed by atoms with E-state index in [9.17, 15) is 4.79 Å². The van der Waals surface area contributed by atoms with Gasteiger partial charge in [-0.1, -0.05) is 72.8 Å². The number of hydrogen-bond donors (Lipinski definition) is 0. The molecule has 1 amide bonds. The SMILES string of the molecule is COc1ccc(C(=O)N2CCN(C/C=C/c3ccccc3)CC2)cc1OCc1ccccc1.